The van der Waals surface area contributed by atoms with Crippen molar-refractivity contribution < 1.29 is 4.74 Å². The molecule has 3 nitrogen and oxygen atoms in total. The zero-order valence-electron chi connectivity index (χ0n) is 8.13. The maximum absolute atomic E-state index is 8.67. The van der Waals surface area contributed by atoms with E-state index in [-0.39, 0.29) is 12.6 Å². The van der Waals surface area contributed by atoms with Gasteiger partial charge >= 0.3 is 0 Å². The van der Waals surface area contributed by atoms with Gasteiger partial charge in [-0.25, -0.2) is 0 Å². The van der Waals surface area contributed by atoms with Crippen LogP contribution in [0.2, 0.25) is 10.0 Å². The second-order valence-corrected chi connectivity index (χ2v) is 3.70. The first kappa shape index (κ1) is 12.1. The average Bonchev–Trinajstić information content (AvgIpc) is 2.22. The van der Waals surface area contributed by atoms with Gasteiger partial charge in [0.2, 0.25) is 0 Å². The minimum absolute atomic E-state index is 0.244. The number of hydrogen-bond acceptors (Lipinski definition) is 3. The van der Waals surface area contributed by atoms with Crippen molar-refractivity contribution in [1.82, 2.24) is 5.32 Å². The zero-order valence-corrected chi connectivity index (χ0v) is 9.64. The van der Waals surface area contributed by atoms with Crippen LogP contribution < -0.4 is 10.1 Å². The van der Waals surface area contributed by atoms with E-state index in [0.717, 1.165) is 0 Å². The lowest BCUT2D eigenvalue weighted by atomic mass is 10.3. The van der Waals surface area contributed by atoms with Crippen molar-refractivity contribution >= 4 is 23.2 Å². The average molecular weight is 245 g/mol. The molecule has 1 rings (SSSR count). The molecular formula is C10H10Cl2N2O. The van der Waals surface area contributed by atoms with Crippen molar-refractivity contribution in [2.24, 2.45) is 0 Å². The van der Waals surface area contributed by atoms with Crippen LogP contribution in [0.4, 0.5) is 0 Å². The molecule has 0 spiro atoms. The van der Waals surface area contributed by atoms with E-state index in [2.05, 4.69) is 5.32 Å². The lowest BCUT2D eigenvalue weighted by Crippen LogP contribution is -2.29. The highest BCUT2D eigenvalue weighted by Gasteiger charge is 2.07. The van der Waals surface area contributed by atoms with Crippen LogP contribution in [-0.4, -0.2) is 19.7 Å². The van der Waals surface area contributed by atoms with Crippen LogP contribution in [0.3, 0.4) is 0 Å². The number of benzene rings is 1. The number of likely N-dealkylation sites (N-methyl/N-ethyl adjacent to an activating group) is 1. The Morgan fingerprint density at radius 3 is 2.80 bits per heavy atom. The molecule has 0 fully saturated rings. The van der Waals surface area contributed by atoms with Gasteiger partial charge in [-0.3, -0.25) is 0 Å². The minimum atomic E-state index is -0.350. The van der Waals surface area contributed by atoms with E-state index in [1.165, 1.54) is 0 Å². The molecule has 0 aliphatic carbocycles. The Kier molecular flexibility index (Phi) is 4.70. The van der Waals surface area contributed by atoms with E-state index in [0.29, 0.717) is 15.8 Å². The number of nitriles is 1. The van der Waals surface area contributed by atoms with Crippen LogP contribution in [-0.2, 0) is 0 Å². The Bertz CT molecular complexity index is 376. The third kappa shape index (κ3) is 3.60. The van der Waals surface area contributed by atoms with Gasteiger partial charge in [0.15, 0.2) is 0 Å². The first-order chi connectivity index (χ1) is 7.17. The number of rotatable bonds is 4. The van der Waals surface area contributed by atoms with Gasteiger partial charge in [0.05, 0.1) is 11.1 Å². The van der Waals surface area contributed by atoms with Gasteiger partial charge in [-0.15, -0.1) is 0 Å². The fourth-order valence-corrected chi connectivity index (χ4v) is 1.41. The first-order valence-electron chi connectivity index (χ1n) is 4.32. The van der Waals surface area contributed by atoms with Crippen LogP contribution in [0.5, 0.6) is 5.75 Å². The van der Waals surface area contributed by atoms with E-state index in [1.54, 1.807) is 25.2 Å². The molecule has 1 aromatic rings. The highest BCUT2D eigenvalue weighted by molar-refractivity contribution is 6.35. The molecular weight excluding hydrogens is 235 g/mol. The first-order valence-corrected chi connectivity index (χ1v) is 5.07. The number of nitrogens with one attached hydrogen (secondary N) is 1. The summed E-state index contributed by atoms with van der Waals surface area (Å²) >= 11 is 11.6. The molecule has 0 radical (unpaired) electrons. The van der Waals surface area contributed by atoms with Crippen LogP contribution >= 0.6 is 23.2 Å². The minimum Gasteiger partial charge on any atom is -0.489 e. The topological polar surface area (TPSA) is 45.0 Å². The Hall–Kier alpha value is -0.950. The molecule has 1 N–H and O–H groups in total. The number of halogens is 2. The van der Waals surface area contributed by atoms with Crippen LogP contribution in [0, 0.1) is 11.3 Å². The molecule has 0 saturated heterocycles. The molecule has 0 aliphatic heterocycles. The molecule has 1 atom stereocenters. The van der Waals surface area contributed by atoms with E-state index in [9.17, 15) is 0 Å². The van der Waals surface area contributed by atoms with Crippen molar-refractivity contribution in [1.29, 1.82) is 5.26 Å². The van der Waals surface area contributed by atoms with Crippen LogP contribution in [0.25, 0.3) is 0 Å². The predicted molar refractivity (Wildman–Crippen MR) is 60.4 cm³/mol. The van der Waals surface area contributed by atoms with Gasteiger partial charge in [-0.2, -0.15) is 5.26 Å². The quantitative estimate of drug-likeness (QED) is 0.886. The maximum atomic E-state index is 8.67. The second-order valence-electron chi connectivity index (χ2n) is 2.86. The van der Waals surface area contributed by atoms with E-state index in [4.69, 9.17) is 33.2 Å². The number of nitrogens with zero attached hydrogens (tertiary/aromatic N) is 1. The Morgan fingerprint density at radius 2 is 2.27 bits per heavy atom. The van der Waals surface area contributed by atoms with Gasteiger partial charge < -0.3 is 10.1 Å². The summed E-state index contributed by atoms with van der Waals surface area (Å²) in [5, 5.41) is 12.5. The molecule has 1 aromatic carbocycles. The normalized spacial score (nSPS) is 11.9. The van der Waals surface area contributed by atoms with Crippen LogP contribution in [0.15, 0.2) is 18.2 Å². The fraction of sp³-hybridized carbons (Fsp3) is 0.300. The van der Waals surface area contributed by atoms with Crippen molar-refractivity contribution in [3.63, 3.8) is 0 Å². The third-order valence-electron chi connectivity index (χ3n) is 1.80. The highest BCUT2D eigenvalue weighted by atomic mass is 35.5. The molecule has 0 amide bonds. The number of hydrogen-bond donors (Lipinski definition) is 1. The van der Waals surface area contributed by atoms with Gasteiger partial charge in [-0.05, 0) is 25.2 Å². The molecule has 0 aliphatic rings. The third-order valence-corrected chi connectivity index (χ3v) is 2.33. The summed E-state index contributed by atoms with van der Waals surface area (Å²) < 4.78 is 5.36. The molecule has 0 heterocycles. The van der Waals surface area contributed by atoms with E-state index in [1.807, 2.05) is 6.07 Å². The van der Waals surface area contributed by atoms with Gasteiger partial charge in [0.25, 0.3) is 0 Å². The Balaban J connectivity index is 2.62. The summed E-state index contributed by atoms with van der Waals surface area (Å²) in [5.41, 5.74) is 0. The fourth-order valence-electron chi connectivity index (χ4n) is 0.951. The second kappa shape index (κ2) is 5.82. The summed E-state index contributed by atoms with van der Waals surface area (Å²) in [6, 6.07) is 6.65. The van der Waals surface area contributed by atoms with Crippen molar-refractivity contribution in [3.8, 4) is 11.8 Å². The lowest BCUT2D eigenvalue weighted by molar-refractivity contribution is 0.295. The van der Waals surface area contributed by atoms with Gasteiger partial charge in [0, 0.05) is 5.02 Å². The smallest absolute Gasteiger partial charge is 0.138 e. The Morgan fingerprint density at radius 1 is 1.53 bits per heavy atom. The standard InChI is InChI=1S/C10H10Cl2N2O/c1-14-8(5-13)6-15-10-3-2-7(11)4-9(10)12/h2-4,8,14H,6H2,1H3. The predicted octanol–water partition coefficient (Wildman–Crippen LogP) is 2.48. The monoisotopic (exact) mass is 244 g/mol. The Labute approximate surface area is 98.6 Å². The molecule has 1 unspecified atom stereocenters. The molecule has 5 heteroatoms. The highest BCUT2D eigenvalue weighted by Crippen LogP contribution is 2.27. The summed E-state index contributed by atoms with van der Waals surface area (Å²) in [7, 11) is 1.70. The summed E-state index contributed by atoms with van der Waals surface area (Å²) in [5.74, 6) is 0.525. The molecule has 0 aromatic heterocycles. The molecule has 80 valence electrons. The zero-order chi connectivity index (χ0) is 11.3. The summed E-state index contributed by atoms with van der Waals surface area (Å²) in [4.78, 5) is 0. The summed E-state index contributed by atoms with van der Waals surface area (Å²) in [6.07, 6.45) is 0. The van der Waals surface area contributed by atoms with E-state index < -0.39 is 0 Å². The SMILES string of the molecule is CNC(C#N)COc1ccc(Cl)cc1Cl. The van der Waals surface area contributed by atoms with Crippen molar-refractivity contribution in [3.05, 3.63) is 28.2 Å². The van der Waals surface area contributed by atoms with Gasteiger partial charge in [0.1, 0.15) is 18.4 Å². The van der Waals surface area contributed by atoms with E-state index >= 15 is 0 Å². The van der Waals surface area contributed by atoms with Gasteiger partial charge in [-0.1, -0.05) is 23.2 Å². The largest absolute Gasteiger partial charge is 0.489 e. The maximum Gasteiger partial charge on any atom is 0.138 e. The summed E-state index contributed by atoms with van der Waals surface area (Å²) in [6.45, 7) is 0.244. The molecule has 15 heavy (non-hydrogen) atoms. The number of ether oxygens (including phenoxy) is 1. The molecule has 0 saturated carbocycles. The molecule has 0 bridgehead atoms. The van der Waals surface area contributed by atoms with Crippen molar-refractivity contribution in [2.75, 3.05) is 13.7 Å². The lowest BCUT2D eigenvalue weighted by Gasteiger charge is -2.11. The van der Waals surface area contributed by atoms with Crippen LogP contribution in [0.1, 0.15) is 0 Å². The van der Waals surface area contributed by atoms with Crippen molar-refractivity contribution in [2.45, 2.75) is 6.04 Å².